The zero-order valence-electron chi connectivity index (χ0n) is 9.81. The minimum absolute atomic E-state index is 0.450. The lowest BCUT2D eigenvalue weighted by atomic mass is 9.87. The second-order valence-corrected chi connectivity index (χ2v) is 5.40. The lowest BCUT2D eigenvalue weighted by molar-refractivity contribution is 0.423. The predicted octanol–water partition coefficient (Wildman–Crippen LogP) is 3.24. The molecule has 1 saturated heterocycles. The molecular formula is C13H18BrNO. The fourth-order valence-corrected chi connectivity index (χ4v) is 2.89. The van der Waals surface area contributed by atoms with E-state index in [2.05, 4.69) is 28.2 Å². The number of rotatable bonds is 1. The first-order valence-electron chi connectivity index (χ1n) is 5.80. The minimum Gasteiger partial charge on any atom is -0.508 e. The Kier molecular flexibility index (Phi) is 3.55. The highest BCUT2D eigenvalue weighted by Gasteiger charge is 2.22. The summed E-state index contributed by atoms with van der Waals surface area (Å²) < 4.78 is 1.13. The van der Waals surface area contributed by atoms with Gasteiger partial charge in [0.15, 0.2) is 0 Å². The monoisotopic (exact) mass is 283 g/mol. The number of piperidine rings is 1. The fraction of sp³-hybridized carbons (Fsp3) is 0.538. The number of benzene rings is 1. The Morgan fingerprint density at radius 3 is 2.81 bits per heavy atom. The third-order valence-electron chi connectivity index (χ3n) is 3.41. The summed E-state index contributed by atoms with van der Waals surface area (Å²) in [5.41, 5.74) is 3.40. The van der Waals surface area contributed by atoms with Gasteiger partial charge in [-0.05, 0) is 50.4 Å². The van der Waals surface area contributed by atoms with Crippen molar-refractivity contribution in [2.24, 2.45) is 0 Å². The highest BCUT2D eigenvalue weighted by Crippen LogP contribution is 2.38. The number of phenols is 1. The van der Waals surface area contributed by atoms with E-state index in [1.54, 1.807) is 0 Å². The van der Waals surface area contributed by atoms with Gasteiger partial charge in [0.1, 0.15) is 5.75 Å². The zero-order valence-corrected chi connectivity index (χ0v) is 11.4. The summed E-state index contributed by atoms with van der Waals surface area (Å²) in [7, 11) is 0. The van der Waals surface area contributed by atoms with Gasteiger partial charge >= 0.3 is 0 Å². The Balaban J connectivity index is 2.42. The highest BCUT2D eigenvalue weighted by molar-refractivity contribution is 9.10. The number of aryl methyl sites for hydroxylation is 1. The van der Waals surface area contributed by atoms with Crippen LogP contribution in [0.15, 0.2) is 10.5 Å². The van der Waals surface area contributed by atoms with E-state index in [1.165, 1.54) is 12.0 Å². The predicted molar refractivity (Wildman–Crippen MR) is 70.1 cm³/mol. The van der Waals surface area contributed by atoms with Crippen molar-refractivity contribution in [1.29, 1.82) is 0 Å². The van der Waals surface area contributed by atoms with Crippen LogP contribution in [0.4, 0.5) is 0 Å². The van der Waals surface area contributed by atoms with Crippen molar-refractivity contribution in [2.75, 3.05) is 13.1 Å². The van der Waals surface area contributed by atoms with Crippen LogP contribution < -0.4 is 5.32 Å². The molecule has 1 unspecified atom stereocenters. The first-order valence-corrected chi connectivity index (χ1v) is 6.60. The van der Waals surface area contributed by atoms with Crippen LogP contribution in [0, 0.1) is 13.8 Å². The Hall–Kier alpha value is -0.540. The fourth-order valence-electron chi connectivity index (χ4n) is 2.57. The van der Waals surface area contributed by atoms with Crippen LogP contribution in [-0.2, 0) is 0 Å². The Morgan fingerprint density at radius 1 is 1.44 bits per heavy atom. The zero-order chi connectivity index (χ0) is 11.7. The van der Waals surface area contributed by atoms with E-state index >= 15 is 0 Å². The van der Waals surface area contributed by atoms with Crippen LogP contribution in [0.25, 0.3) is 0 Å². The van der Waals surface area contributed by atoms with E-state index in [0.717, 1.165) is 35.1 Å². The van der Waals surface area contributed by atoms with Crippen molar-refractivity contribution < 1.29 is 5.11 Å². The van der Waals surface area contributed by atoms with Crippen LogP contribution in [-0.4, -0.2) is 18.2 Å². The average Bonchev–Trinajstić information content (AvgIpc) is 2.28. The lowest BCUT2D eigenvalue weighted by Crippen LogP contribution is -2.28. The second kappa shape index (κ2) is 4.76. The number of hydrogen-bond acceptors (Lipinski definition) is 2. The molecule has 1 aromatic rings. The molecule has 1 aromatic carbocycles. The van der Waals surface area contributed by atoms with E-state index in [-0.39, 0.29) is 0 Å². The normalized spacial score (nSPS) is 21.1. The van der Waals surface area contributed by atoms with E-state index in [1.807, 2.05) is 13.0 Å². The number of aromatic hydroxyl groups is 1. The number of phenolic OH excluding ortho intramolecular Hbond substituents is 1. The molecule has 1 aliphatic rings. The maximum atomic E-state index is 10.1. The van der Waals surface area contributed by atoms with Crippen molar-refractivity contribution in [1.82, 2.24) is 5.32 Å². The van der Waals surface area contributed by atoms with Gasteiger partial charge in [0.2, 0.25) is 0 Å². The smallest absolute Gasteiger partial charge is 0.119 e. The molecule has 0 spiro atoms. The summed E-state index contributed by atoms with van der Waals surface area (Å²) in [6.07, 6.45) is 2.35. The van der Waals surface area contributed by atoms with Gasteiger partial charge in [-0.3, -0.25) is 0 Å². The van der Waals surface area contributed by atoms with Gasteiger partial charge in [0.05, 0.1) is 0 Å². The van der Waals surface area contributed by atoms with Gasteiger partial charge in [-0.2, -0.15) is 0 Å². The van der Waals surface area contributed by atoms with Gasteiger partial charge in [-0.25, -0.2) is 0 Å². The van der Waals surface area contributed by atoms with Crippen LogP contribution in [0.5, 0.6) is 5.75 Å². The van der Waals surface area contributed by atoms with E-state index < -0.39 is 0 Å². The van der Waals surface area contributed by atoms with Crippen LogP contribution in [0.2, 0.25) is 0 Å². The Morgan fingerprint density at radius 2 is 2.19 bits per heavy atom. The summed E-state index contributed by atoms with van der Waals surface area (Å²) >= 11 is 3.60. The van der Waals surface area contributed by atoms with Crippen LogP contribution in [0.1, 0.15) is 35.4 Å². The van der Waals surface area contributed by atoms with Gasteiger partial charge in [0.25, 0.3) is 0 Å². The molecule has 0 amide bonds. The standard InChI is InChI=1S/C13H18BrNO/c1-8-6-11(16)12(9(2)13(8)14)10-4-3-5-15-7-10/h6,10,15-16H,3-5,7H2,1-2H3. The van der Waals surface area contributed by atoms with E-state index in [9.17, 15) is 5.11 Å². The molecule has 0 radical (unpaired) electrons. The van der Waals surface area contributed by atoms with E-state index in [4.69, 9.17) is 0 Å². The molecule has 88 valence electrons. The van der Waals surface area contributed by atoms with Gasteiger partial charge in [0, 0.05) is 22.5 Å². The molecule has 2 nitrogen and oxygen atoms in total. The molecule has 0 aliphatic carbocycles. The Bertz CT molecular complexity index is 397. The largest absolute Gasteiger partial charge is 0.508 e. The van der Waals surface area contributed by atoms with Crippen LogP contribution >= 0.6 is 15.9 Å². The molecular weight excluding hydrogens is 266 g/mol. The average molecular weight is 284 g/mol. The maximum absolute atomic E-state index is 10.1. The minimum atomic E-state index is 0.450. The molecule has 16 heavy (non-hydrogen) atoms. The summed E-state index contributed by atoms with van der Waals surface area (Å²) in [4.78, 5) is 0. The van der Waals surface area contributed by atoms with Gasteiger partial charge in [-0.15, -0.1) is 0 Å². The number of halogens is 1. The lowest BCUT2D eigenvalue weighted by Gasteiger charge is -2.26. The van der Waals surface area contributed by atoms with E-state index in [0.29, 0.717) is 11.7 Å². The van der Waals surface area contributed by atoms with Crippen molar-refractivity contribution in [3.63, 3.8) is 0 Å². The first-order chi connectivity index (χ1) is 7.61. The summed E-state index contributed by atoms with van der Waals surface area (Å²) in [5.74, 6) is 0.901. The van der Waals surface area contributed by atoms with Crippen LogP contribution in [0.3, 0.4) is 0 Å². The Labute approximate surface area is 105 Å². The first kappa shape index (κ1) is 11.9. The number of hydrogen-bond donors (Lipinski definition) is 2. The molecule has 2 rings (SSSR count). The molecule has 1 fully saturated rings. The SMILES string of the molecule is Cc1cc(O)c(C2CCCNC2)c(C)c1Br. The molecule has 0 saturated carbocycles. The van der Waals surface area contributed by atoms with Crippen molar-refractivity contribution in [2.45, 2.75) is 32.6 Å². The molecule has 3 heteroatoms. The van der Waals surface area contributed by atoms with Crippen molar-refractivity contribution in [3.8, 4) is 5.75 Å². The number of nitrogens with one attached hydrogen (secondary N) is 1. The molecule has 1 heterocycles. The summed E-state index contributed by atoms with van der Waals surface area (Å²) in [5, 5.41) is 13.5. The van der Waals surface area contributed by atoms with Crippen molar-refractivity contribution >= 4 is 15.9 Å². The third kappa shape index (κ3) is 2.11. The third-order valence-corrected chi connectivity index (χ3v) is 4.63. The molecule has 1 atom stereocenters. The molecule has 0 bridgehead atoms. The maximum Gasteiger partial charge on any atom is 0.119 e. The van der Waals surface area contributed by atoms with Gasteiger partial charge in [-0.1, -0.05) is 15.9 Å². The molecule has 2 N–H and O–H groups in total. The topological polar surface area (TPSA) is 32.3 Å². The summed E-state index contributed by atoms with van der Waals surface area (Å²) in [6.45, 7) is 6.17. The van der Waals surface area contributed by atoms with Gasteiger partial charge < -0.3 is 10.4 Å². The highest BCUT2D eigenvalue weighted by atomic mass is 79.9. The van der Waals surface area contributed by atoms with Crippen molar-refractivity contribution in [3.05, 3.63) is 27.2 Å². The quantitative estimate of drug-likeness (QED) is 0.829. The second-order valence-electron chi connectivity index (χ2n) is 4.61. The molecule has 0 aromatic heterocycles. The molecule has 1 aliphatic heterocycles. The summed E-state index contributed by atoms with van der Waals surface area (Å²) in [6, 6.07) is 1.86.